The van der Waals surface area contributed by atoms with Crippen molar-refractivity contribution in [1.29, 1.82) is 0 Å². The number of rotatable bonds is 3. The Morgan fingerprint density at radius 1 is 1.05 bits per heavy atom. The molecule has 0 bridgehead atoms. The first kappa shape index (κ1) is 13.6. The number of aldehydes is 1. The van der Waals surface area contributed by atoms with E-state index in [2.05, 4.69) is 0 Å². The molecule has 0 saturated carbocycles. The largest absolute Gasteiger partial charge is 0.298 e. The van der Waals surface area contributed by atoms with E-state index in [1.807, 2.05) is 6.92 Å². The van der Waals surface area contributed by atoms with Crippen LogP contribution in [-0.2, 0) is 10.0 Å². The number of hydrogen-bond acceptors (Lipinski definition) is 3. The van der Waals surface area contributed by atoms with Crippen molar-refractivity contribution in [3.8, 4) is 0 Å². The highest BCUT2D eigenvalue weighted by Crippen LogP contribution is 2.26. The SMILES string of the molecule is Cc1cn(S(=O)(=O)c2ccccc2)c2ccc(C=O)cc12. The molecule has 4 nitrogen and oxygen atoms in total. The van der Waals surface area contributed by atoms with Crippen molar-refractivity contribution < 1.29 is 13.2 Å². The summed E-state index contributed by atoms with van der Waals surface area (Å²) in [5.74, 6) is 0. The van der Waals surface area contributed by atoms with Crippen LogP contribution in [0.3, 0.4) is 0 Å². The van der Waals surface area contributed by atoms with E-state index in [1.54, 1.807) is 54.7 Å². The Morgan fingerprint density at radius 2 is 1.76 bits per heavy atom. The van der Waals surface area contributed by atoms with Crippen LogP contribution in [0.5, 0.6) is 0 Å². The minimum atomic E-state index is -3.64. The second-order valence-electron chi connectivity index (χ2n) is 4.82. The first-order valence-electron chi connectivity index (χ1n) is 6.41. The maximum Gasteiger partial charge on any atom is 0.268 e. The fraction of sp³-hybridized carbons (Fsp3) is 0.0625. The van der Waals surface area contributed by atoms with Gasteiger partial charge in [-0.15, -0.1) is 0 Å². The Bertz CT molecular complexity index is 925. The number of nitrogens with zero attached hydrogens (tertiary/aromatic N) is 1. The average molecular weight is 299 g/mol. The van der Waals surface area contributed by atoms with Gasteiger partial charge in [-0.2, -0.15) is 0 Å². The third-order valence-electron chi connectivity index (χ3n) is 3.43. The molecular formula is C16H13NO3S. The van der Waals surface area contributed by atoms with Gasteiger partial charge in [0.15, 0.2) is 0 Å². The molecule has 0 atom stereocenters. The summed E-state index contributed by atoms with van der Waals surface area (Å²) < 4.78 is 26.7. The quantitative estimate of drug-likeness (QED) is 0.699. The highest BCUT2D eigenvalue weighted by atomic mass is 32.2. The zero-order chi connectivity index (χ0) is 15.0. The van der Waals surface area contributed by atoms with E-state index in [-0.39, 0.29) is 4.90 Å². The molecule has 21 heavy (non-hydrogen) atoms. The van der Waals surface area contributed by atoms with E-state index in [9.17, 15) is 13.2 Å². The molecule has 0 N–H and O–H groups in total. The summed E-state index contributed by atoms with van der Waals surface area (Å²) in [6.45, 7) is 1.83. The molecule has 0 aliphatic rings. The molecule has 106 valence electrons. The van der Waals surface area contributed by atoms with Crippen LogP contribution in [0.15, 0.2) is 59.6 Å². The second kappa shape index (κ2) is 4.86. The van der Waals surface area contributed by atoms with Crippen LogP contribution in [0, 0.1) is 6.92 Å². The molecule has 5 heteroatoms. The van der Waals surface area contributed by atoms with Gasteiger partial charge in [0.05, 0.1) is 10.4 Å². The van der Waals surface area contributed by atoms with Gasteiger partial charge in [0.1, 0.15) is 6.29 Å². The van der Waals surface area contributed by atoms with Crippen molar-refractivity contribution in [3.63, 3.8) is 0 Å². The number of carbonyl (C=O) groups excluding carboxylic acids is 1. The fourth-order valence-corrected chi connectivity index (χ4v) is 3.80. The Hall–Kier alpha value is -2.40. The Labute approximate surface area is 122 Å². The first-order valence-corrected chi connectivity index (χ1v) is 7.85. The van der Waals surface area contributed by atoms with E-state index in [4.69, 9.17) is 0 Å². The molecule has 2 aromatic carbocycles. The topological polar surface area (TPSA) is 56.1 Å². The molecule has 3 aromatic rings. The fourth-order valence-electron chi connectivity index (χ4n) is 2.35. The first-order chi connectivity index (χ1) is 10.0. The summed E-state index contributed by atoms with van der Waals surface area (Å²) in [5.41, 5.74) is 1.91. The molecular weight excluding hydrogens is 286 g/mol. The van der Waals surface area contributed by atoms with Gasteiger partial charge in [-0.1, -0.05) is 18.2 Å². The number of hydrogen-bond donors (Lipinski definition) is 0. The highest BCUT2D eigenvalue weighted by Gasteiger charge is 2.19. The molecule has 1 aromatic heterocycles. The van der Waals surface area contributed by atoms with Crippen LogP contribution in [0.4, 0.5) is 0 Å². The number of carbonyl (C=O) groups is 1. The summed E-state index contributed by atoms with van der Waals surface area (Å²) in [5, 5.41) is 0.763. The van der Waals surface area contributed by atoms with Gasteiger partial charge < -0.3 is 0 Å². The molecule has 3 rings (SSSR count). The molecule has 0 aliphatic carbocycles. The average Bonchev–Trinajstić information content (AvgIpc) is 2.85. The molecule has 0 aliphatic heterocycles. The maximum atomic E-state index is 12.7. The summed E-state index contributed by atoms with van der Waals surface area (Å²) in [4.78, 5) is 11.1. The predicted molar refractivity (Wildman–Crippen MR) is 81.1 cm³/mol. The zero-order valence-electron chi connectivity index (χ0n) is 11.4. The van der Waals surface area contributed by atoms with Gasteiger partial charge >= 0.3 is 0 Å². The smallest absolute Gasteiger partial charge is 0.268 e. The number of aromatic nitrogens is 1. The molecule has 0 fully saturated rings. The number of aryl methyl sites for hydroxylation is 1. The van der Waals surface area contributed by atoms with Crippen LogP contribution >= 0.6 is 0 Å². The van der Waals surface area contributed by atoms with E-state index in [1.165, 1.54) is 3.97 Å². The summed E-state index contributed by atoms with van der Waals surface area (Å²) in [7, 11) is -3.64. The van der Waals surface area contributed by atoms with Crippen molar-refractivity contribution >= 4 is 27.2 Å². The lowest BCUT2D eigenvalue weighted by Gasteiger charge is -2.07. The minimum absolute atomic E-state index is 0.237. The maximum absolute atomic E-state index is 12.7. The normalized spacial score (nSPS) is 11.7. The molecule has 0 amide bonds. The highest BCUT2D eigenvalue weighted by molar-refractivity contribution is 7.90. The lowest BCUT2D eigenvalue weighted by molar-refractivity contribution is 0.112. The van der Waals surface area contributed by atoms with Crippen LogP contribution in [0.25, 0.3) is 10.9 Å². The van der Waals surface area contributed by atoms with Crippen LogP contribution in [0.1, 0.15) is 15.9 Å². The molecule has 0 saturated heterocycles. The van der Waals surface area contributed by atoms with Crippen molar-refractivity contribution in [3.05, 3.63) is 65.9 Å². The standard InChI is InChI=1S/C16H13NO3S/c1-12-10-17(16-8-7-13(11-18)9-15(12)16)21(19,20)14-5-3-2-4-6-14/h2-11H,1H3. The van der Waals surface area contributed by atoms with Crippen LogP contribution in [-0.4, -0.2) is 18.7 Å². The van der Waals surface area contributed by atoms with Crippen LogP contribution < -0.4 is 0 Å². The number of fused-ring (bicyclic) bond motifs is 1. The third kappa shape index (κ3) is 2.15. The molecule has 0 unspecified atom stereocenters. The lowest BCUT2D eigenvalue weighted by Crippen LogP contribution is -2.11. The van der Waals surface area contributed by atoms with Gasteiger partial charge in [0, 0.05) is 17.1 Å². The van der Waals surface area contributed by atoms with E-state index >= 15 is 0 Å². The summed E-state index contributed by atoms with van der Waals surface area (Å²) >= 11 is 0. The van der Waals surface area contributed by atoms with Crippen molar-refractivity contribution in [1.82, 2.24) is 3.97 Å². The van der Waals surface area contributed by atoms with Gasteiger partial charge in [0.25, 0.3) is 10.0 Å². The van der Waals surface area contributed by atoms with Crippen LogP contribution in [0.2, 0.25) is 0 Å². The summed E-state index contributed by atoms with van der Waals surface area (Å²) in [6, 6.07) is 13.3. The summed E-state index contributed by atoms with van der Waals surface area (Å²) in [6.07, 6.45) is 2.34. The molecule has 0 spiro atoms. The van der Waals surface area contributed by atoms with E-state index in [0.717, 1.165) is 17.2 Å². The van der Waals surface area contributed by atoms with Gasteiger partial charge in [0.2, 0.25) is 0 Å². The predicted octanol–water partition coefficient (Wildman–Crippen LogP) is 3.00. The molecule has 1 heterocycles. The second-order valence-corrected chi connectivity index (χ2v) is 6.64. The Kier molecular flexibility index (Phi) is 3.14. The van der Waals surface area contributed by atoms with Crippen molar-refractivity contribution in [2.75, 3.05) is 0 Å². The number of benzene rings is 2. The lowest BCUT2D eigenvalue weighted by atomic mass is 10.1. The Balaban J connectivity index is 2.29. The van der Waals surface area contributed by atoms with E-state index in [0.29, 0.717) is 11.1 Å². The zero-order valence-corrected chi connectivity index (χ0v) is 12.2. The Morgan fingerprint density at radius 3 is 2.43 bits per heavy atom. The van der Waals surface area contributed by atoms with Crippen molar-refractivity contribution in [2.24, 2.45) is 0 Å². The van der Waals surface area contributed by atoms with Gasteiger partial charge in [-0.05, 0) is 42.8 Å². The minimum Gasteiger partial charge on any atom is -0.298 e. The third-order valence-corrected chi connectivity index (χ3v) is 5.12. The molecule has 0 radical (unpaired) electrons. The van der Waals surface area contributed by atoms with E-state index < -0.39 is 10.0 Å². The van der Waals surface area contributed by atoms with Crippen molar-refractivity contribution in [2.45, 2.75) is 11.8 Å². The van der Waals surface area contributed by atoms with Gasteiger partial charge in [-0.25, -0.2) is 12.4 Å². The van der Waals surface area contributed by atoms with Gasteiger partial charge in [-0.3, -0.25) is 4.79 Å². The monoisotopic (exact) mass is 299 g/mol.